The molecule has 1 aliphatic rings. The van der Waals surface area contributed by atoms with Gasteiger partial charge in [0, 0.05) is 25.3 Å². The second-order valence-corrected chi connectivity index (χ2v) is 6.34. The summed E-state index contributed by atoms with van der Waals surface area (Å²) in [5.74, 6) is -0.189. The van der Waals surface area contributed by atoms with Crippen molar-refractivity contribution in [2.45, 2.75) is 32.0 Å². The van der Waals surface area contributed by atoms with Crippen molar-refractivity contribution in [3.05, 3.63) is 47.8 Å². The number of carbonyl (C=O) groups is 1. The Labute approximate surface area is 149 Å². The number of alkyl halides is 3. The number of hydrogen-bond donors (Lipinski definition) is 1. The highest BCUT2D eigenvalue weighted by Gasteiger charge is 2.31. The number of halogens is 3. The zero-order chi connectivity index (χ0) is 18.7. The Bertz CT molecular complexity index is 766. The normalized spacial score (nSPS) is 17.5. The summed E-state index contributed by atoms with van der Waals surface area (Å²) in [6.07, 6.45) is -1.19. The Hall–Kier alpha value is -2.35. The van der Waals surface area contributed by atoms with Crippen LogP contribution >= 0.6 is 0 Å². The van der Waals surface area contributed by atoms with Gasteiger partial charge in [-0.2, -0.15) is 18.3 Å². The van der Waals surface area contributed by atoms with Gasteiger partial charge in [-0.3, -0.25) is 4.79 Å². The van der Waals surface area contributed by atoms with Crippen LogP contribution in [0.4, 0.5) is 13.2 Å². The molecular formula is C18H21F3N4O. The third-order valence-electron chi connectivity index (χ3n) is 4.45. The fourth-order valence-corrected chi connectivity index (χ4v) is 3.15. The molecule has 0 radical (unpaired) electrons. The van der Waals surface area contributed by atoms with Gasteiger partial charge in [0.15, 0.2) is 5.69 Å². The maximum absolute atomic E-state index is 12.9. The number of hydrogen-bond acceptors (Lipinski definition) is 3. The molecule has 1 N–H and O–H groups in total. The van der Waals surface area contributed by atoms with Gasteiger partial charge in [-0.15, -0.1) is 0 Å². The number of rotatable bonds is 5. The molecule has 0 aliphatic carbocycles. The van der Waals surface area contributed by atoms with Crippen LogP contribution < -0.4 is 5.32 Å². The van der Waals surface area contributed by atoms with E-state index in [-0.39, 0.29) is 23.3 Å². The summed E-state index contributed by atoms with van der Waals surface area (Å²) in [4.78, 5) is 14.6. The van der Waals surface area contributed by atoms with Gasteiger partial charge in [0.2, 0.25) is 0 Å². The molecule has 1 aliphatic heterocycles. The molecule has 1 amide bonds. The number of aromatic nitrogens is 2. The molecule has 3 rings (SSSR count). The maximum Gasteiger partial charge on any atom is 0.416 e. The first-order valence-corrected chi connectivity index (χ1v) is 8.65. The first-order chi connectivity index (χ1) is 12.4. The van der Waals surface area contributed by atoms with Gasteiger partial charge in [-0.1, -0.05) is 13.0 Å². The SMILES string of the molecule is CCCN(C(=O)c1ccn(-c2cccc(C(F)(F)F)c2)n1)C1CCNC1. The summed E-state index contributed by atoms with van der Waals surface area (Å²) in [6, 6.07) is 6.56. The van der Waals surface area contributed by atoms with Crippen LogP contribution in [0.3, 0.4) is 0 Å². The molecule has 2 heterocycles. The monoisotopic (exact) mass is 366 g/mol. The molecular weight excluding hydrogens is 345 g/mol. The zero-order valence-corrected chi connectivity index (χ0v) is 14.5. The molecule has 5 nitrogen and oxygen atoms in total. The first kappa shape index (κ1) is 18.4. The van der Waals surface area contributed by atoms with E-state index in [2.05, 4.69) is 10.4 Å². The van der Waals surface area contributed by atoms with Gasteiger partial charge in [-0.25, -0.2) is 4.68 Å². The Balaban J connectivity index is 1.83. The van der Waals surface area contributed by atoms with Gasteiger partial charge in [0.25, 0.3) is 5.91 Å². The quantitative estimate of drug-likeness (QED) is 0.885. The Kier molecular flexibility index (Phi) is 5.31. The van der Waals surface area contributed by atoms with Gasteiger partial charge < -0.3 is 10.2 Å². The maximum atomic E-state index is 12.9. The molecule has 1 unspecified atom stereocenters. The average molecular weight is 366 g/mol. The third kappa shape index (κ3) is 3.90. The fourth-order valence-electron chi connectivity index (χ4n) is 3.15. The van der Waals surface area contributed by atoms with E-state index in [9.17, 15) is 18.0 Å². The minimum atomic E-state index is -4.42. The number of benzene rings is 1. The smallest absolute Gasteiger partial charge is 0.333 e. The molecule has 8 heteroatoms. The Morgan fingerprint density at radius 1 is 1.38 bits per heavy atom. The van der Waals surface area contributed by atoms with Crippen LogP contribution in [0.5, 0.6) is 0 Å². The van der Waals surface area contributed by atoms with E-state index in [0.29, 0.717) is 6.54 Å². The molecule has 1 saturated heterocycles. The molecule has 0 saturated carbocycles. The molecule has 1 aromatic heterocycles. The predicted molar refractivity (Wildman–Crippen MR) is 91.2 cm³/mol. The van der Waals surface area contributed by atoms with Crippen molar-refractivity contribution in [3.63, 3.8) is 0 Å². The minimum absolute atomic E-state index is 0.126. The van der Waals surface area contributed by atoms with Gasteiger partial charge in [0.05, 0.1) is 11.3 Å². The zero-order valence-electron chi connectivity index (χ0n) is 14.5. The van der Waals surface area contributed by atoms with Crippen molar-refractivity contribution in [2.75, 3.05) is 19.6 Å². The Morgan fingerprint density at radius 3 is 2.85 bits per heavy atom. The highest BCUT2D eigenvalue weighted by Crippen LogP contribution is 2.30. The highest BCUT2D eigenvalue weighted by atomic mass is 19.4. The summed E-state index contributed by atoms with van der Waals surface area (Å²) in [5.41, 5.74) is -0.241. The van der Waals surface area contributed by atoms with Crippen LogP contribution in [-0.4, -0.2) is 46.3 Å². The highest BCUT2D eigenvalue weighted by molar-refractivity contribution is 5.92. The van der Waals surface area contributed by atoms with Crippen molar-refractivity contribution >= 4 is 5.91 Å². The number of nitrogens with one attached hydrogen (secondary N) is 1. The molecule has 26 heavy (non-hydrogen) atoms. The molecule has 1 fully saturated rings. The second kappa shape index (κ2) is 7.49. The first-order valence-electron chi connectivity index (χ1n) is 8.65. The van der Waals surface area contributed by atoms with Crippen molar-refractivity contribution in [2.24, 2.45) is 0 Å². The predicted octanol–water partition coefficient (Wildman–Crippen LogP) is 3.11. The van der Waals surface area contributed by atoms with E-state index >= 15 is 0 Å². The molecule has 0 spiro atoms. The number of amides is 1. The molecule has 1 aromatic carbocycles. The average Bonchev–Trinajstić information content (AvgIpc) is 3.30. The molecule has 0 bridgehead atoms. The van der Waals surface area contributed by atoms with Crippen molar-refractivity contribution in [1.82, 2.24) is 20.0 Å². The summed E-state index contributed by atoms with van der Waals surface area (Å²) < 4.78 is 40.0. The van der Waals surface area contributed by atoms with Gasteiger partial charge >= 0.3 is 6.18 Å². The number of carbonyl (C=O) groups excluding carboxylic acids is 1. The van der Waals surface area contributed by atoms with Crippen LogP contribution in [0.1, 0.15) is 35.8 Å². The summed E-state index contributed by atoms with van der Waals surface area (Å²) in [7, 11) is 0. The standard InChI is InChI=1S/C18H21F3N4O/c1-2-9-24(15-6-8-22-12-15)17(26)16-7-10-25(23-16)14-5-3-4-13(11-14)18(19,20)21/h3-5,7,10-11,15,22H,2,6,8-9,12H2,1H3. The van der Waals surface area contributed by atoms with Crippen molar-refractivity contribution in [3.8, 4) is 5.69 Å². The fraction of sp³-hybridized carbons (Fsp3) is 0.444. The van der Waals surface area contributed by atoms with E-state index in [4.69, 9.17) is 0 Å². The summed E-state index contributed by atoms with van der Waals surface area (Å²) in [5, 5.41) is 7.46. The third-order valence-corrected chi connectivity index (χ3v) is 4.45. The van der Waals surface area contributed by atoms with Crippen molar-refractivity contribution in [1.29, 1.82) is 0 Å². The second-order valence-electron chi connectivity index (χ2n) is 6.34. The lowest BCUT2D eigenvalue weighted by molar-refractivity contribution is -0.137. The van der Waals surface area contributed by atoms with Crippen LogP contribution in [0, 0.1) is 0 Å². The van der Waals surface area contributed by atoms with E-state index in [1.54, 1.807) is 11.0 Å². The lowest BCUT2D eigenvalue weighted by Gasteiger charge is -2.27. The Morgan fingerprint density at radius 2 is 2.19 bits per heavy atom. The van der Waals surface area contributed by atoms with Crippen molar-refractivity contribution < 1.29 is 18.0 Å². The minimum Gasteiger partial charge on any atom is -0.333 e. The van der Waals surface area contributed by atoms with Gasteiger partial charge in [-0.05, 0) is 43.7 Å². The van der Waals surface area contributed by atoms with Crippen LogP contribution in [0.25, 0.3) is 5.69 Å². The summed E-state index contributed by atoms with van der Waals surface area (Å²) >= 11 is 0. The van der Waals surface area contributed by atoms with Crippen LogP contribution in [-0.2, 0) is 6.18 Å². The van der Waals surface area contributed by atoms with Crippen LogP contribution in [0.15, 0.2) is 36.5 Å². The van der Waals surface area contributed by atoms with E-state index in [1.807, 2.05) is 6.92 Å². The number of nitrogens with zero attached hydrogens (tertiary/aromatic N) is 3. The largest absolute Gasteiger partial charge is 0.416 e. The van der Waals surface area contributed by atoms with E-state index in [0.717, 1.165) is 38.1 Å². The molecule has 1 atom stereocenters. The van der Waals surface area contributed by atoms with E-state index < -0.39 is 11.7 Å². The topological polar surface area (TPSA) is 50.2 Å². The van der Waals surface area contributed by atoms with Crippen LogP contribution in [0.2, 0.25) is 0 Å². The lowest BCUT2D eigenvalue weighted by atomic mass is 10.2. The van der Waals surface area contributed by atoms with E-state index in [1.165, 1.54) is 23.0 Å². The molecule has 2 aromatic rings. The summed E-state index contributed by atoms with van der Waals surface area (Å²) in [6.45, 7) is 4.25. The lowest BCUT2D eigenvalue weighted by Crippen LogP contribution is -2.42. The van der Waals surface area contributed by atoms with Gasteiger partial charge in [0.1, 0.15) is 0 Å². The molecule has 140 valence electrons.